The Kier molecular flexibility index (Phi) is 7.98. The van der Waals surface area contributed by atoms with Crippen molar-refractivity contribution in [3.05, 3.63) is 12.2 Å². The van der Waals surface area contributed by atoms with E-state index in [4.69, 9.17) is 4.74 Å². The van der Waals surface area contributed by atoms with Crippen molar-refractivity contribution < 1.29 is 9.53 Å². The van der Waals surface area contributed by atoms with E-state index in [1.165, 1.54) is 32.1 Å². The molecule has 1 aliphatic carbocycles. The van der Waals surface area contributed by atoms with Crippen molar-refractivity contribution in [3.63, 3.8) is 0 Å². The molecule has 3 heteroatoms. The Bertz CT molecular complexity index is 349. The molecule has 128 valence electrons. The minimum atomic E-state index is -0.436. The maximum Gasteiger partial charge on any atom is 0.407 e. The van der Waals surface area contributed by atoms with E-state index < -0.39 is 5.60 Å². The third-order valence-electron chi connectivity index (χ3n) is 4.09. The van der Waals surface area contributed by atoms with Crippen LogP contribution in [0.15, 0.2) is 12.2 Å². The third kappa shape index (κ3) is 8.45. The number of alkyl carbamates (subject to hydrolysis) is 1. The van der Waals surface area contributed by atoms with Crippen molar-refractivity contribution in [1.29, 1.82) is 0 Å². The molecule has 0 bridgehead atoms. The third-order valence-corrected chi connectivity index (χ3v) is 4.09. The van der Waals surface area contributed by atoms with Crippen molar-refractivity contribution in [1.82, 2.24) is 5.32 Å². The van der Waals surface area contributed by atoms with Crippen molar-refractivity contribution in [2.45, 2.75) is 91.2 Å². The molecule has 1 aliphatic rings. The average molecular weight is 309 g/mol. The van der Waals surface area contributed by atoms with Crippen LogP contribution >= 0.6 is 0 Å². The van der Waals surface area contributed by atoms with Crippen LogP contribution in [0.4, 0.5) is 4.79 Å². The zero-order valence-corrected chi connectivity index (χ0v) is 15.2. The first-order valence-electron chi connectivity index (χ1n) is 8.92. The second-order valence-corrected chi connectivity index (χ2v) is 7.99. The summed E-state index contributed by atoms with van der Waals surface area (Å²) in [6.07, 6.45) is 12.6. The molecule has 0 spiro atoms. The highest BCUT2D eigenvalue weighted by Crippen LogP contribution is 2.28. The molecular weight excluding hydrogens is 274 g/mol. The molecule has 0 aromatic carbocycles. The van der Waals surface area contributed by atoms with Crippen LogP contribution in [0.1, 0.15) is 79.6 Å². The first-order valence-corrected chi connectivity index (χ1v) is 8.92. The van der Waals surface area contributed by atoms with Gasteiger partial charge in [0.2, 0.25) is 0 Å². The number of allylic oxidation sites excluding steroid dienone is 1. The fourth-order valence-electron chi connectivity index (χ4n) is 2.98. The molecule has 1 amide bonds. The highest BCUT2D eigenvalue weighted by Gasteiger charge is 2.26. The van der Waals surface area contributed by atoms with Gasteiger partial charge < -0.3 is 10.1 Å². The van der Waals surface area contributed by atoms with Crippen LogP contribution in [0.25, 0.3) is 0 Å². The van der Waals surface area contributed by atoms with Gasteiger partial charge in [0.05, 0.1) is 0 Å². The summed E-state index contributed by atoms with van der Waals surface area (Å²) in [6.45, 7) is 10.2. The zero-order chi connectivity index (χ0) is 16.6. The summed E-state index contributed by atoms with van der Waals surface area (Å²) in [5.41, 5.74) is -0.436. The smallest absolute Gasteiger partial charge is 0.407 e. The number of nitrogens with one attached hydrogen (secondary N) is 1. The molecular formula is C19H35NO2. The van der Waals surface area contributed by atoms with Gasteiger partial charge in [-0.15, -0.1) is 0 Å². The molecule has 1 rings (SSSR count). The predicted molar refractivity (Wildman–Crippen MR) is 92.9 cm³/mol. The summed E-state index contributed by atoms with van der Waals surface area (Å²) >= 11 is 0. The number of rotatable bonds is 6. The fraction of sp³-hybridized carbons (Fsp3) is 0.842. The minimum absolute atomic E-state index is 0.207. The molecule has 0 saturated heterocycles. The Hall–Kier alpha value is -0.990. The lowest BCUT2D eigenvalue weighted by atomic mass is 9.82. The Morgan fingerprint density at radius 1 is 1.14 bits per heavy atom. The highest BCUT2D eigenvalue weighted by atomic mass is 16.6. The number of hydrogen-bond acceptors (Lipinski definition) is 2. The largest absolute Gasteiger partial charge is 0.444 e. The molecule has 1 N–H and O–H groups in total. The van der Waals surface area contributed by atoms with E-state index in [0.29, 0.717) is 11.8 Å². The molecule has 0 aromatic heterocycles. The summed E-state index contributed by atoms with van der Waals surface area (Å²) in [6, 6.07) is 0.207. The average Bonchev–Trinajstić information content (AvgIpc) is 2.41. The normalized spacial score (nSPS) is 18.6. The van der Waals surface area contributed by atoms with Crippen molar-refractivity contribution >= 4 is 6.09 Å². The summed E-state index contributed by atoms with van der Waals surface area (Å²) < 4.78 is 5.43. The number of amides is 1. The number of carbonyl (C=O) groups is 1. The first-order chi connectivity index (χ1) is 10.3. The Morgan fingerprint density at radius 2 is 1.73 bits per heavy atom. The van der Waals surface area contributed by atoms with E-state index in [1.54, 1.807) is 0 Å². The molecule has 0 radical (unpaired) electrons. The summed E-state index contributed by atoms with van der Waals surface area (Å²) in [7, 11) is 0. The second-order valence-electron chi connectivity index (χ2n) is 7.99. The molecule has 1 fully saturated rings. The first kappa shape index (κ1) is 19.1. The van der Waals surface area contributed by atoms with Crippen LogP contribution in [0, 0.1) is 11.8 Å². The standard InChI is InChI=1S/C19H35NO2/c1-15(2)11-9-10-14-17(16-12-7-6-8-13-16)20-18(21)22-19(3,4)5/h9-10,15-17H,6-8,11-14H2,1-5H3,(H,20,21). The van der Waals surface area contributed by atoms with Gasteiger partial charge in [0.15, 0.2) is 0 Å². The number of ether oxygens (including phenoxy) is 1. The lowest BCUT2D eigenvalue weighted by Crippen LogP contribution is -2.43. The lowest BCUT2D eigenvalue weighted by Gasteiger charge is -2.31. The summed E-state index contributed by atoms with van der Waals surface area (Å²) in [5, 5.41) is 3.12. The molecule has 0 heterocycles. The topological polar surface area (TPSA) is 38.3 Å². The zero-order valence-electron chi connectivity index (χ0n) is 15.2. The Labute approximate surface area is 136 Å². The maximum absolute atomic E-state index is 12.1. The number of carbonyl (C=O) groups excluding carboxylic acids is 1. The van der Waals surface area contributed by atoms with E-state index in [-0.39, 0.29) is 12.1 Å². The summed E-state index contributed by atoms with van der Waals surface area (Å²) in [4.78, 5) is 12.1. The number of hydrogen-bond donors (Lipinski definition) is 1. The maximum atomic E-state index is 12.1. The molecule has 1 saturated carbocycles. The van der Waals surface area contributed by atoms with E-state index in [9.17, 15) is 4.79 Å². The fourth-order valence-corrected chi connectivity index (χ4v) is 2.98. The Morgan fingerprint density at radius 3 is 2.27 bits per heavy atom. The van der Waals surface area contributed by atoms with Gasteiger partial charge >= 0.3 is 6.09 Å². The van der Waals surface area contributed by atoms with Crippen LogP contribution in [0.2, 0.25) is 0 Å². The molecule has 0 aromatic rings. The van der Waals surface area contributed by atoms with Crippen LogP contribution in [0.3, 0.4) is 0 Å². The van der Waals surface area contributed by atoms with Gasteiger partial charge in [-0.3, -0.25) is 0 Å². The van der Waals surface area contributed by atoms with E-state index in [0.717, 1.165) is 12.8 Å². The van der Waals surface area contributed by atoms with Crippen molar-refractivity contribution in [3.8, 4) is 0 Å². The SMILES string of the molecule is CC(C)CC=CCC(NC(=O)OC(C)(C)C)C1CCCCC1. The van der Waals surface area contributed by atoms with E-state index in [1.807, 2.05) is 20.8 Å². The second kappa shape index (κ2) is 9.22. The molecule has 0 aliphatic heterocycles. The van der Waals surface area contributed by atoms with Gasteiger partial charge in [0, 0.05) is 6.04 Å². The van der Waals surface area contributed by atoms with Crippen LogP contribution in [-0.4, -0.2) is 17.7 Å². The van der Waals surface area contributed by atoms with Gasteiger partial charge in [0.25, 0.3) is 0 Å². The van der Waals surface area contributed by atoms with Gasteiger partial charge in [-0.2, -0.15) is 0 Å². The van der Waals surface area contributed by atoms with Crippen LogP contribution < -0.4 is 5.32 Å². The summed E-state index contributed by atoms with van der Waals surface area (Å²) in [5.74, 6) is 1.27. The van der Waals surface area contributed by atoms with Gasteiger partial charge in [0.1, 0.15) is 5.60 Å². The quantitative estimate of drug-likeness (QED) is 0.662. The molecule has 1 unspecified atom stereocenters. The monoisotopic (exact) mass is 309 g/mol. The highest BCUT2D eigenvalue weighted by molar-refractivity contribution is 5.68. The van der Waals surface area contributed by atoms with E-state index >= 15 is 0 Å². The van der Waals surface area contributed by atoms with Crippen molar-refractivity contribution in [2.75, 3.05) is 0 Å². The minimum Gasteiger partial charge on any atom is -0.444 e. The van der Waals surface area contributed by atoms with Crippen LogP contribution in [0.5, 0.6) is 0 Å². The predicted octanol–water partition coefficient (Wildman–Crippen LogP) is 5.45. The van der Waals surface area contributed by atoms with Gasteiger partial charge in [-0.1, -0.05) is 45.3 Å². The lowest BCUT2D eigenvalue weighted by molar-refractivity contribution is 0.0478. The van der Waals surface area contributed by atoms with Gasteiger partial charge in [-0.05, 0) is 58.3 Å². The van der Waals surface area contributed by atoms with Crippen molar-refractivity contribution in [2.24, 2.45) is 11.8 Å². The van der Waals surface area contributed by atoms with Gasteiger partial charge in [-0.25, -0.2) is 4.79 Å². The molecule has 22 heavy (non-hydrogen) atoms. The van der Waals surface area contributed by atoms with Crippen LogP contribution in [-0.2, 0) is 4.74 Å². The Balaban J connectivity index is 2.57. The molecule has 1 atom stereocenters. The molecule has 3 nitrogen and oxygen atoms in total. The van der Waals surface area contributed by atoms with E-state index in [2.05, 4.69) is 31.3 Å².